The first-order valence-corrected chi connectivity index (χ1v) is 6.04. The molecule has 0 aromatic rings. The van der Waals surface area contributed by atoms with Crippen LogP contribution in [0.25, 0.3) is 0 Å². The summed E-state index contributed by atoms with van der Waals surface area (Å²) in [6.07, 6.45) is 4.51. The smallest absolute Gasteiger partial charge is 0.252 e. The highest BCUT2D eigenvalue weighted by atomic mass is 16.3. The van der Waals surface area contributed by atoms with Gasteiger partial charge in [-0.3, -0.25) is 25.3 Å². The third-order valence-electron chi connectivity index (χ3n) is 2.95. The summed E-state index contributed by atoms with van der Waals surface area (Å²) in [5.41, 5.74) is 4.59. The quantitative estimate of drug-likeness (QED) is 0.563. The third kappa shape index (κ3) is 5.14. The maximum Gasteiger partial charge on any atom is 0.252 e. The fourth-order valence-electron chi connectivity index (χ4n) is 2.17. The fraction of sp³-hybridized carbons (Fsp3) is 0.818. The Morgan fingerprint density at radius 3 is 2.47 bits per heavy atom. The van der Waals surface area contributed by atoms with E-state index in [9.17, 15) is 9.59 Å². The monoisotopic (exact) mass is 243 g/mol. The Morgan fingerprint density at radius 2 is 1.94 bits per heavy atom. The summed E-state index contributed by atoms with van der Waals surface area (Å²) in [6.45, 7) is 2.09. The van der Waals surface area contributed by atoms with Gasteiger partial charge in [0.2, 0.25) is 5.91 Å². The lowest BCUT2D eigenvalue weighted by Gasteiger charge is -2.27. The molecule has 0 saturated heterocycles. The Morgan fingerprint density at radius 1 is 1.29 bits per heavy atom. The predicted octanol–water partition coefficient (Wildman–Crippen LogP) is -0.609. The van der Waals surface area contributed by atoms with Crippen molar-refractivity contribution in [2.75, 3.05) is 19.7 Å². The average Bonchev–Trinajstić information content (AvgIpc) is 2.79. The normalized spacial score (nSPS) is 16.2. The molecule has 98 valence electrons. The van der Waals surface area contributed by atoms with Crippen molar-refractivity contribution in [3.05, 3.63) is 0 Å². The van der Waals surface area contributed by atoms with Crippen LogP contribution in [0, 0.1) is 0 Å². The number of rotatable bonds is 5. The molecule has 1 aliphatic rings. The first-order valence-electron chi connectivity index (χ1n) is 6.04. The molecule has 0 spiro atoms. The zero-order chi connectivity index (χ0) is 12.7. The zero-order valence-corrected chi connectivity index (χ0v) is 10.2. The molecular formula is C11H21N3O3. The molecule has 0 aromatic carbocycles. The predicted molar refractivity (Wildman–Crippen MR) is 62.9 cm³/mol. The third-order valence-corrected chi connectivity index (χ3v) is 2.95. The number of amides is 2. The number of aliphatic hydroxyl groups is 1. The van der Waals surface area contributed by atoms with Gasteiger partial charge >= 0.3 is 0 Å². The topological polar surface area (TPSA) is 81.7 Å². The number of nitrogens with zero attached hydrogens (tertiary/aromatic N) is 1. The van der Waals surface area contributed by atoms with E-state index in [0.29, 0.717) is 12.6 Å². The second kappa shape index (κ2) is 7.24. The number of hydrogen-bond donors (Lipinski definition) is 3. The van der Waals surface area contributed by atoms with Crippen molar-refractivity contribution in [2.45, 2.75) is 38.6 Å². The highest BCUT2D eigenvalue weighted by molar-refractivity contribution is 5.81. The second-order valence-electron chi connectivity index (χ2n) is 4.36. The Kier molecular flexibility index (Phi) is 5.93. The van der Waals surface area contributed by atoms with E-state index >= 15 is 0 Å². The van der Waals surface area contributed by atoms with Gasteiger partial charge in [-0.1, -0.05) is 12.8 Å². The summed E-state index contributed by atoms with van der Waals surface area (Å²) in [6, 6.07) is 0.380. The lowest BCUT2D eigenvalue weighted by atomic mass is 10.2. The first-order chi connectivity index (χ1) is 8.13. The summed E-state index contributed by atoms with van der Waals surface area (Å²) in [5.74, 6) is -0.548. The van der Waals surface area contributed by atoms with Crippen molar-refractivity contribution in [1.29, 1.82) is 0 Å². The van der Waals surface area contributed by atoms with E-state index in [2.05, 4.69) is 10.9 Å². The molecule has 0 bridgehead atoms. The van der Waals surface area contributed by atoms with Crippen LogP contribution in [0.15, 0.2) is 0 Å². The molecule has 17 heavy (non-hydrogen) atoms. The van der Waals surface area contributed by atoms with Crippen LogP contribution in [-0.2, 0) is 9.59 Å². The van der Waals surface area contributed by atoms with Crippen molar-refractivity contribution >= 4 is 11.8 Å². The van der Waals surface area contributed by atoms with E-state index in [0.717, 1.165) is 12.8 Å². The summed E-state index contributed by atoms with van der Waals surface area (Å²) < 4.78 is 0. The highest BCUT2D eigenvalue weighted by Gasteiger charge is 2.23. The minimum Gasteiger partial charge on any atom is -0.395 e. The van der Waals surface area contributed by atoms with Crippen molar-refractivity contribution in [1.82, 2.24) is 15.8 Å². The Labute approximate surface area is 101 Å². The molecule has 0 aliphatic heterocycles. The molecule has 6 nitrogen and oxygen atoms in total. The second-order valence-corrected chi connectivity index (χ2v) is 4.36. The van der Waals surface area contributed by atoms with Crippen LogP contribution in [0.1, 0.15) is 32.6 Å². The lowest BCUT2D eigenvalue weighted by Crippen LogP contribution is -2.48. The number of hydrogen-bond acceptors (Lipinski definition) is 4. The summed E-state index contributed by atoms with van der Waals surface area (Å²) >= 11 is 0. The molecule has 0 aromatic heterocycles. The van der Waals surface area contributed by atoms with E-state index in [1.807, 2.05) is 4.90 Å². The van der Waals surface area contributed by atoms with Crippen molar-refractivity contribution in [3.63, 3.8) is 0 Å². The number of hydrazine groups is 1. The highest BCUT2D eigenvalue weighted by Crippen LogP contribution is 2.22. The van der Waals surface area contributed by atoms with Crippen LogP contribution in [-0.4, -0.2) is 47.6 Å². The van der Waals surface area contributed by atoms with E-state index in [-0.39, 0.29) is 25.0 Å². The van der Waals surface area contributed by atoms with E-state index < -0.39 is 0 Å². The number of nitrogens with one attached hydrogen (secondary N) is 2. The summed E-state index contributed by atoms with van der Waals surface area (Å²) in [4.78, 5) is 24.2. The van der Waals surface area contributed by atoms with Crippen LogP contribution in [0.5, 0.6) is 0 Å². The summed E-state index contributed by atoms with van der Waals surface area (Å²) in [5, 5.41) is 8.98. The van der Waals surface area contributed by atoms with Gasteiger partial charge < -0.3 is 5.11 Å². The van der Waals surface area contributed by atoms with Crippen molar-refractivity contribution in [2.24, 2.45) is 0 Å². The Balaban J connectivity index is 2.36. The Hall–Kier alpha value is -1.14. The van der Waals surface area contributed by atoms with Crippen LogP contribution in [0.2, 0.25) is 0 Å². The maximum atomic E-state index is 11.5. The molecule has 0 unspecified atom stereocenters. The maximum absolute atomic E-state index is 11.5. The fourth-order valence-corrected chi connectivity index (χ4v) is 2.17. The molecule has 1 aliphatic carbocycles. The van der Waals surface area contributed by atoms with Crippen LogP contribution >= 0.6 is 0 Å². The first kappa shape index (κ1) is 13.9. The van der Waals surface area contributed by atoms with Gasteiger partial charge in [0.05, 0.1) is 13.2 Å². The summed E-state index contributed by atoms with van der Waals surface area (Å²) in [7, 11) is 0. The molecule has 1 saturated carbocycles. The standard InChI is InChI=1S/C11H21N3O3/c1-9(16)12-13-11(17)8-14(6-7-15)10-4-2-3-5-10/h10,15H,2-8H2,1H3,(H,12,16)(H,13,17). The van der Waals surface area contributed by atoms with Gasteiger partial charge in [0.25, 0.3) is 5.91 Å². The van der Waals surface area contributed by atoms with Gasteiger partial charge in [0.1, 0.15) is 0 Å². The number of aliphatic hydroxyl groups excluding tert-OH is 1. The number of carbonyl (C=O) groups is 2. The number of carbonyl (C=O) groups excluding carboxylic acids is 2. The zero-order valence-electron chi connectivity index (χ0n) is 10.2. The van der Waals surface area contributed by atoms with E-state index in [4.69, 9.17) is 5.11 Å². The molecule has 3 N–H and O–H groups in total. The molecule has 2 amide bonds. The van der Waals surface area contributed by atoms with Gasteiger partial charge in [-0.05, 0) is 12.8 Å². The van der Waals surface area contributed by atoms with Crippen LogP contribution in [0.4, 0.5) is 0 Å². The van der Waals surface area contributed by atoms with E-state index in [1.165, 1.54) is 19.8 Å². The van der Waals surface area contributed by atoms with Gasteiger partial charge in [0.15, 0.2) is 0 Å². The van der Waals surface area contributed by atoms with Crippen molar-refractivity contribution < 1.29 is 14.7 Å². The molecule has 1 rings (SSSR count). The Bertz CT molecular complexity index is 265. The van der Waals surface area contributed by atoms with Gasteiger partial charge in [-0.15, -0.1) is 0 Å². The van der Waals surface area contributed by atoms with Gasteiger partial charge in [-0.25, -0.2) is 0 Å². The molecule has 0 atom stereocenters. The molecule has 0 heterocycles. The van der Waals surface area contributed by atoms with Gasteiger partial charge in [-0.2, -0.15) is 0 Å². The minimum absolute atomic E-state index is 0.0456. The van der Waals surface area contributed by atoms with Crippen LogP contribution in [0.3, 0.4) is 0 Å². The van der Waals surface area contributed by atoms with Gasteiger partial charge in [0, 0.05) is 19.5 Å². The molecule has 0 radical (unpaired) electrons. The molecule has 1 fully saturated rings. The lowest BCUT2D eigenvalue weighted by molar-refractivity contribution is -0.129. The largest absolute Gasteiger partial charge is 0.395 e. The minimum atomic E-state index is -0.298. The van der Waals surface area contributed by atoms with Crippen LogP contribution < -0.4 is 10.9 Å². The molecular weight excluding hydrogens is 222 g/mol. The van der Waals surface area contributed by atoms with Crippen molar-refractivity contribution in [3.8, 4) is 0 Å². The van der Waals surface area contributed by atoms with E-state index in [1.54, 1.807) is 0 Å². The molecule has 6 heteroatoms. The SMILES string of the molecule is CC(=O)NNC(=O)CN(CCO)C1CCCC1. The average molecular weight is 243 g/mol.